The van der Waals surface area contributed by atoms with Crippen LogP contribution in [0, 0.1) is 0 Å². The molecule has 7 heteroatoms. The predicted molar refractivity (Wildman–Crippen MR) is 127 cm³/mol. The summed E-state index contributed by atoms with van der Waals surface area (Å²) < 4.78 is 5.31. The Bertz CT molecular complexity index is 1200. The van der Waals surface area contributed by atoms with Crippen molar-refractivity contribution in [2.75, 3.05) is 43.1 Å². The molecule has 2 amide bonds. The summed E-state index contributed by atoms with van der Waals surface area (Å²) in [4.78, 5) is 37.2. The molecular formula is C26H24N4O3. The Kier molecular flexibility index (Phi) is 5.52. The fraction of sp³-hybridized carbons (Fsp3) is 0.192. The third-order valence-electron chi connectivity index (χ3n) is 6.00. The van der Waals surface area contributed by atoms with E-state index in [0.29, 0.717) is 48.9 Å². The zero-order valence-electron chi connectivity index (χ0n) is 18.3. The molecule has 0 spiro atoms. The van der Waals surface area contributed by atoms with E-state index in [1.165, 1.54) is 4.90 Å². The third kappa shape index (κ3) is 3.82. The Morgan fingerprint density at radius 3 is 2.21 bits per heavy atom. The summed E-state index contributed by atoms with van der Waals surface area (Å²) in [6.45, 7) is 2.66. The topological polar surface area (TPSA) is 66.0 Å². The summed E-state index contributed by atoms with van der Waals surface area (Å²) in [6.07, 6.45) is 1.78. The molecule has 166 valence electrons. The standard InChI is InChI=1S/C26H24N4O3/c1-33-21-11-7-10-20(18-21)30-25(31)23(19-8-3-2-4-9-19)24(26(30)32)29-16-14-28(15-17-29)22-12-5-6-13-27-22/h2-13,18H,14-17H2,1H3. The van der Waals surface area contributed by atoms with Crippen molar-refractivity contribution in [3.8, 4) is 5.75 Å². The molecule has 0 unspecified atom stereocenters. The number of carbonyl (C=O) groups is 2. The molecule has 33 heavy (non-hydrogen) atoms. The number of piperazine rings is 1. The average molecular weight is 441 g/mol. The molecule has 3 heterocycles. The number of ether oxygens (including phenoxy) is 1. The molecule has 0 bridgehead atoms. The van der Waals surface area contributed by atoms with Gasteiger partial charge in [-0.2, -0.15) is 0 Å². The van der Waals surface area contributed by atoms with Gasteiger partial charge in [0.2, 0.25) is 0 Å². The number of amides is 2. The van der Waals surface area contributed by atoms with E-state index >= 15 is 0 Å². The van der Waals surface area contributed by atoms with Crippen LogP contribution in [0.15, 0.2) is 84.7 Å². The van der Waals surface area contributed by atoms with Crippen molar-refractivity contribution in [2.24, 2.45) is 0 Å². The Balaban J connectivity index is 1.49. The second-order valence-corrected chi connectivity index (χ2v) is 7.90. The molecule has 2 aliphatic rings. The Hall–Kier alpha value is -4.13. The van der Waals surface area contributed by atoms with E-state index < -0.39 is 0 Å². The van der Waals surface area contributed by atoms with Crippen LogP contribution in [-0.2, 0) is 9.59 Å². The van der Waals surface area contributed by atoms with Crippen molar-refractivity contribution in [3.63, 3.8) is 0 Å². The molecule has 5 rings (SSSR count). The maximum Gasteiger partial charge on any atom is 0.282 e. The summed E-state index contributed by atoms with van der Waals surface area (Å²) in [5.74, 6) is 0.882. The molecule has 7 nitrogen and oxygen atoms in total. The average Bonchev–Trinajstić information content (AvgIpc) is 3.15. The molecule has 2 aromatic carbocycles. The van der Waals surface area contributed by atoms with Crippen molar-refractivity contribution in [3.05, 3.63) is 90.3 Å². The Morgan fingerprint density at radius 1 is 0.788 bits per heavy atom. The third-order valence-corrected chi connectivity index (χ3v) is 6.00. The van der Waals surface area contributed by atoms with E-state index in [1.807, 2.05) is 53.4 Å². The summed E-state index contributed by atoms with van der Waals surface area (Å²) in [5, 5.41) is 0. The van der Waals surface area contributed by atoms with Gasteiger partial charge in [-0.3, -0.25) is 9.59 Å². The maximum absolute atomic E-state index is 13.7. The van der Waals surface area contributed by atoms with E-state index in [2.05, 4.69) is 9.88 Å². The van der Waals surface area contributed by atoms with Crippen LogP contribution in [0.3, 0.4) is 0 Å². The number of methoxy groups -OCH3 is 1. The number of rotatable bonds is 5. The lowest BCUT2D eigenvalue weighted by Gasteiger charge is -2.37. The van der Waals surface area contributed by atoms with E-state index in [-0.39, 0.29) is 11.8 Å². The highest BCUT2D eigenvalue weighted by Crippen LogP contribution is 2.36. The first kappa shape index (κ1) is 20.8. The van der Waals surface area contributed by atoms with Gasteiger partial charge < -0.3 is 14.5 Å². The van der Waals surface area contributed by atoms with Crippen LogP contribution in [0.5, 0.6) is 5.75 Å². The molecule has 3 aromatic rings. The molecule has 2 aliphatic heterocycles. The van der Waals surface area contributed by atoms with E-state index in [9.17, 15) is 9.59 Å². The monoisotopic (exact) mass is 440 g/mol. The quantitative estimate of drug-likeness (QED) is 0.568. The van der Waals surface area contributed by atoms with Crippen molar-refractivity contribution in [1.82, 2.24) is 9.88 Å². The van der Waals surface area contributed by atoms with Crippen LogP contribution in [0.2, 0.25) is 0 Å². The number of aromatic nitrogens is 1. The number of imide groups is 1. The van der Waals surface area contributed by atoms with Gasteiger partial charge in [-0.25, -0.2) is 9.88 Å². The van der Waals surface area contributed by atoms with Crippen LogP contribution in [-0.4, -0.2) is 55.0 Å². The number of nitrogens with zero attached hydrogens (tertiary/aromatic N) is 4. The minimum Gasteiger partial charge on any atom is -0.497 e. The number of carbonyl (C=O) groups excluding carboxylic acids is 2. The second kappa shape index (κ2) is 8.78. The van der Waals surface area contributed by atoms with Crippen LogP contribution < -0.4 is 14.5 Å². The van der Waals surface area contributed by atoms with Crippen molar-refractivity contribution in [2.45, 2.75) is 0 Å². The van der Waals surface area contributed by atoms with Gasteiger partial charge in [0.15, 0.2) is 0 Å². The second-order valence-electron chi connectivity index (χ2n) is 7.90. The first-order chi connectivity index (χ1) is 16.2. The first-order valence-electron chi connectivity index (χ1n) is 10.9. The number of hydrogen-bond acceptors (Lipinski definition) is 6. The van der Waals surface area contributed by atoms with Gasteiger partial charge in [0.05, 0.1) is 18.4 Å². The molecular weight excluding hydrogens is 416 g/mol. The van der Waals surface area contributed by atoms with Gasteiger partial charge in [0.1, 0.15) is 17.3 Å². The lowest BCUT2D eigenvalue weighted by Crippen LogP contribution is -2.48. The molecule has 1 aromatic heterocycles. The molecule has 1 fully saturated rings. The fourth-order valence-corrected chi connectivity index (χ4v) is 4.36. The molecule has 0 N–H and O–H groups in total. The van der Waals surface area contributed by atoms with Gasteiger partial charge in [-0.15, -0.1) is 0 Å². The molecule has 0 aliphatic carbocycles. The maximum atomic E-state index is 13.7. The van der Waals surface area contributed by atoms with Gasteiger partial charge in [-0.1, -0.05) is 42.5 Å². The number of hydrogen-bond donors (Lipinski definition) is 0. The number of pyridine rings is 1. The van der Waals surface area contributed by atoms with Gasteiger partial charge in [-0.05, 0) is 29.8 Å². The van der Waals surface area contributed by atoms with Crippen molar-refractivity contribution < 1.29 is 14.3 Å². The van der Waals surface area contributed by atoms with Gasteiger partial charge in [0, 0.05) is 38.4 Å². The van der Waals surface area contributed by atoms with E-state index in [0.717, 1.165) is 11.4 Å². The van der Waals surface area contributed by atoms with Gasteiger partial charge in [0.25, 0.3) is 11.8 Å². The summed E-state index contributed by atoms with van der Waals surface area (Å²) in [6, 6.07) is 22.3. The first-order valence-corrected chi connectivity index (χ1v) is 10.9. The van der Waals surface area contributed by atoms with Crippen LogP contribution in [0.25, 0.3) is 5.57 Å². The highest BCUT2D eigenvalue weighted by Gasteiger charge is 2.43. The zero-order valence-corrected chi connectivity index (χ0v) is 18.3. The van der Waals surface area contributed by atoms with Crippen molar-refractivity contribution in [1.29, 1.82) is 0 Å². The number of anilines is 2. The lowest BCUT2D eigenvalue weighted by molar-refractivity contribution is -0.120. The minimum absolute atomic E-state index is 0.307. The molecule has 1 saturated heterocycles. The largest absolute Gasteiger partial charge is 0.497 e. The van der Waals surface area contributed by atoms with Crippen LogP contribution in [0.4, 0.5) is 11.5 Å². The smallest absolute Gasteiger partial charge is 0.282 e. The molecule has 0 saturated carbocycles. The minimum atomic E-state index is -0.318. The summed E-state index contributed by atoms with van der Waals surface area (Å²) in [5.41, 5.74) is 2.13. The summed E-state index contributed by atoms with van der Waals surface area (Å²) in [7, 11) is 1.56. The lowest BCUT2D eigenvalue weighted by atomic mass is 10.0. The number of benzene rings is 2. The van der Waals surface area contributed by atoms with E-state index in [1.54, 1.807) is 37.6 Å². The van der Waals surface area contributed by atoms with Crippen molar-refractivity contribution >= 4 is 28.9 Å². The fourth-order valence-electron chi connectivity index (χ4n) is 4.36. The predicted octanol–water partition coefficient (Wildman–Crippen LogP) is 3.20. The highest BCUT2D eigenvalue weighted by atomic mass is 16.5. The normalized spacial score (nSPS) is 16.6. The van der Waals surface area contributed by atoms with Crippen LogP contribution >= 0.6 is 0 Å². The highest BCUT2D eigenvalue weighted by molar-refractivity contribution is 6.45. The molecule has 0 atom stereocenters. The zero-order chi connectivity index (χ0) is 22.8. The Morgan fingerprint density at radius 2 is 1.52 bits per heavy atom. The van der Waals surface area contributed by atoms with Gasteiger partial charge >= 0.3 is 0 Å². The summed E-state index contributed by atoms with van der Waals surface area (Å²) >= 11 is 0. The Labute approximate surface area is 192 Å². The SMILES string of the molecule is COc1cccc(N2C(=O)C(c3ccccc3)=C(N3CCN(c4ccccn4)CC3)C2=O)c1. The molecule has 0 radical (unpaired) electrons. The van der Waals surface area contributed by atoms with Crippen LogP contribution in [0.1, 0.15) is 5.56 Å². The van der Waals surface area contributed by atoms with E-state index in [4.69, 9.17) is 4.74 Å².